The topological polar surface area (TPSA) is 67.4 Å². The molecule has 1 heterocycles. The zero-order valence-corrected chi connectivity index (χ0v) is 16.6. The van der Waals surface area contributed by atoms with Crippen molar-refractivity contribution < 1.29 is 13.2 Å². The number of rotatable bonds is 6. The number of ether oxygens (including phenoxy) is 1. The first-order valence-electron chi connectivity index (χ1n) is 8.55. The molecule has 2 aromatic rings. The third kappa shape index (κ3) is 4.57. The molecule has 0 fully saturated rings. The number of hydrogen-bond donors (Lipinski definition) is 2. The van der Waals surface area contributed by atoms with Crippen LogP contribution in [0.15, 0.2) is 47.4 Å². The van der Waals surface area contributed by atoms with Gasteiger partial charge in [0, 0.05) is 12.6 Å². The van der Waals surface area contributed by atoms with E-state index in [1.807, 2.05) is 19.1 Å². The lowest BCUT2D eigenvalue weighted by Crippen LogP contribution is -2.38. The number of hydrogen-bond acceptors (Lipinski definition) is 4. The maximum atomic E-state index is 12.7. The summed E-state index contributed by atoms with van der Waals surface area (Å²) in [5, 5.41) is 3.39. The fourth-order valence-corrected chi connectivity index (χ4v) is 4.50. The third-order valence-electron chi connectivity index (χ3n) is 4.44. The van der Waals surface area contributed by atoms with Crippen LogP contribution >= 0.6 is 12.4 Å². The number of aryl methyl sites for hydroxylation is 1. The molecule has 0 amide bonds. The molecule has 3 rings (SSSR count). The van der Waals surface area contributed by atoms with E-state index in [2.05, 4.69) is 22.2 Å². The Morgan fingerprint density at radius 2 is 2.00 bits per heavy atom. The van der Waals surface area contributed by atoms with Gasteiger partial charge in [-0.15, -0.1) is 12.4 Å². The van der Waals surface area contributed by atoms with Crippen molar-refractivity contribution in [1.82, 2.24) is 10.0 Å². The van der Waals surface area contributed by atoms with Crippen LogP contribution in [-0.4, -0.2) is 28.1 Å². The Kier molecular flexibility index (Phi) is 7.06. The third-order valence-corrected chi connectivity index (χ3v) is 6.02. The van der Waals surface area contributed by atoms with Gasteiger partial charge in [0.2, 0.25) is 10.0 Å². The molecular weight excluding hydrogens is 372 g/mol. The van der Waals surface area contributed by atoms with Gasteiger partial charge in [-0.2, -0.15) is 0 Å². The molecule has 1 aliphatic heterocycles. The van der Waals surface area contributed by atoms with Crippen LogP contribution in [0.3, 0.4) is 0 Å². The summed E-state index contributed by atoms with van der Waals surface area (Å²) in [5.74, 6) is 0.682. The summed E-state index contributed by atoms with van der Waals surface area (Å²) in [7, 11) is -3.57. The van der Waals surface area contributed by atoms with E-state index in [9.17, 15) is 8.42 Å². The molecule has 1 atom stereocenters. The van der Waals surface area contributed by atoms with Crippen LogP contribution in [0.5, 0.6) is 5.75 Å². The number of sulfonamides is 1. The van der Waals surface area contributed by atoms with E-state index < -0.39 is 10.0 Å². The number of fused-ring (bicyclic) bond motifs is 1. The number of halogens is 1. The van der Waals surface area contributed by atoms with Gasteiger partial charge < -0.3 is 10.1 Å². The Balaban J connectivity index is 0.00000243. The largest absolute Gasteiger partial charge is 0.494 e. The molecule has 5 nitrogen and oxygen atoms in total. The normalized spacial score (nSPS) is 16.5. The maximum absolute atomic E-state index is 12.7. The summed E-state index contributed by atoms with van der Waals surface area (Å²) in [4.78, 5) is 0.292. The van der Waals surface area contributed by atoms with Crippen molar-refractivity contribution in [3.63, 3.8) is 0 Å². The highest BCUT2D eigenvalue weighted by atomic mass is 35.5. The minimum Gasteiger partial charge on any atom is -0.494 e. The van der Waals surface area contributed by atoms with E-state index >= 15 is 0 Å². The monoisotopic (exact) mass is 396 g/mol. The summed E-state index contributed by atoms with van der Waals surface area (Å²) in [6.07, 6.45) is 0.970. The molecular formula is C19H25ClN2O3S. The predicted molar refractivity (Wildman–Crippen MR) is 106 cm³/mol. The highest BCUT2D eigenvalue weighted by Crippen LogP contribution is 2.24. The fourth-order valence-electron chi connectivity index (χ4n) is 3.23. The highest BCUT2D eigenvalue weighted by molar-refractivity contribution is 7.89. The standard InChI is InChI=1S/C19H24N2O3S.ClH/c1-3-24-16-8-9-19(14(2)12-16)25(22,23)21-13-18-17-7-5-4-6-15(17)10-11-20-18;/h4-9,12,18,20-21H,3,10-11,13H2,1-2H3;1H. The van der Waals surface area contributed by atoms with E-state index in [-0.39, 0.29) is 18.4 Å². The van der Waals surface area contributed by atoms with E-state index in [0.29, 0.717) is 29.4 Å². The van der Waals surface area contributed by atoms with Crippen LogP contribution in [0.1, 0.15) is 29.7 Å². The van der Waals surface area contributed by atoms with Gasteiger partial charge in [0.1, 0.15) is 5.75 Å². The quantitative estimate of drug-likeness (QED) is 0.787. The van der Waals surface area contributed by atoms with Gasteiger partial charge in [-0.05, 0) is 61.7 Å². The molecule has 0 saturated heterocycles. The van der Waals surface area contributed by atoms with Gasteiger partial charge in [0.15, 0.2) is 0 Å². The van der Waals surface area contributed by atoms with Gasteiger partial charge >= 0.3 is 0 Å². The lowest BCUT2D eigenvalue weighted by atomic mass is 9.95. The molecule has 1 aliphatic rings. The molecule has 142 valence electrons. The summed E-state index contributed by atoms with van der Waals surface area (Å²) in [6.45, 7) is 5.41. The Bertz CT molecular complexity index is 856. The van der Waals surface area contributed by atoms with Gasteiger partial charge in [0.25, 0.3) is 0 Å². The van der Waals surface area contributed by atoms with Crippen LogP contribution in [0, 0.1) is 6.92 Å². The molecule has 0 aliphatic carbocycles. The summed E-state index contributed by atoms with van der Waals surface area (Å²) < 4.78 is 33.6. The van der Waals surface area contributed by atoms with Crippen molar-refractivity contribution in [2.24, 2.45) is 0 Å². The SMILES string of the molecule is CCOc1ccc(S(=O)(=O)NCC2NCCc3ccccc32)c(C)c1.Cl. The van der Waals surface area contributed by atoms with Crippen LogP contribution in [0.4, 0.5) is 0 Å². The average molecular weight is 397 g/mol. The van der Waals surface area contributed by atoms with Crippen LogP contribution < -0.4 is 14.8 Å². The molecule has 26 heavy (non-hydrogen) atoms. The molecule has 0 radical (unpaired) electrons. The van der Waals surface area contributed by atoms with Crippen LogP contribution in [0.2, 0.25) is 0 Å². The van der Waals surface area contributed by atoms with Crippen molar-refractivity contribution in [2.45, 2.75) is 31.2 Å². The molecule has 0 saturated carbocycles. The second kappa shape index (κ2) is 8.86. The van der Waals surface area contributed by atoms with E-state index in [0.717, 1.165) is 13.0 Å². The fraction of sp³-hybridized carbons (Fsp3) is 0.368. The van der Waals surface area contributed by atoms with Crippen molar-refractivity contribution in [3.8, 4) is 5.75 Å². The average Bonchev–Trinajstić information content (AvgIpc) is 2.60. The van der Waals surface area contributed by atoms with Crippen molar-refractivity contribution in [3.05, 3.63) is 59.2 Å². The Hall–Kier alpha value is -1.60. The highest BCUT2D eigenvalue weighted by Gasteiger charge is 2.23. The Morgan fingerprint density at radius 3 is 2.73 bits per heavy atom. The minimum absolute atomic E-state index is 0. The first-order chi connectivity index (χ1) is 12.0. The number of nitrogens with one attached hydrogen (secondary N) is 2. The molecule has 1 unspecified atom stereocenters. The molecule has 2 N–H and O–H groups in total. The summed E-state index contributed by atoms with van der Waals surface area (Å²) in [6, 6.07) is 13.2. The van der Waals surface area contributed by atoms with Crippen molar-refractivity contribution in [1.29, 1.82) is 0 Å². The molecule has 7 heteroatoms. The summed E-state index contributed by atoms with van der Waals surface area (Å²) in [5.41, 5.74) is 3.12. The molecule has 2 aromatic carbocycles. The Morgan fingerprint density at radius 1 is 1.23 bits per heavy atom. The molecule has 0 spiro atoms. The van der Waals surface area contributed by atoms with Gasteiger partial charge in [-0.25, -0.2) is 13.1 Å². The van der Waals surface area contributed by atoms with E-state index in [4.69, 9.17) is 4.74 Å². The van der Waals surface area contributed by atoms with Gasteiger partial charge in [0.05, 0.1) is 11.5 Å². The first kappa shape index (κ1) is 20.7. The molecule has 0 aromatic heterocycles. The lowest BCUT2D eigenvalue weighted by Gasteiger charge is -2.27. The van der Waals surface area contributed by atoms with Crippen molar-refractivity contribution in [2.75, 3.05) is 19.7 Å². The van der Waals surface area contributed by atoms with Gasteiger partial charge in [-0.3, -0.25) is 0 Å². The smallest absolute Gasteiger partial charge is 0.240 e. The van der Waals surface area contributed by atoms with Crippen molar-refractivity contribution >= 4 is 22.4 Å². The zero-order chi connectivity index (χ0) is 17.9. The number of benzene rings is 2. The second-order valence-corrected chi connectivity index (χ2v) is 7.90. The zero-order valence-electron chi connectivity index (χ0n) is 15.0. The molecule has 0 bridgehead atoms. The van der Waals surface area contributed by atoms with E-state index in [1.165, 1.54) is 11.1 Å². The van der Waals surface area contributed by atoms with E-state index in [1.54, 1.807) is 25.1 Å². The van der Waals surface area contributed by atoms with Crippen LogP contribution in [-0.2, 0) is 16.4 Å². The van der Waals surface area contributed by atoms with Gasteiger partial charge in [-0.1, -0.05) is 24.3 Å². The maximum Gasteiger partial charge on any atom is 0.240 e. The lowest BCUT2D eigenvalue weighted by molar-refractivity contribution is 0.339. The second-order valence-electron chi connectivity index (χ2n) is 6.17. The predicted octanol–water partition coefficient (Wildman–Crippen LogP) is 2.98. The van der Waals surface area contributed by atoms with Crippen LogP contribution in [0.25, 0.3) is 0 Å². The minimum atomic E-state index is -3.57. The first-order valence-corrected chi connectivity index (χ1v) is 10.0. The summed E-state index contributed by atoms with van der Waals surface area (Å²) >= 11 is 0. The Labute approximate surface area is 161 Å².